The summed E-state index contributed by atoms with van der Waals surface area (Å²) in [6, 6.07) is 6.70. The van der Waals surface area contributed by atoms with Gasteiger partial charge in [-0.05, 0) is 32.5 Å². The van der Waals surface area contributed by atoms with Crippen LogP contribution in [-0.2, 0) is 0 Å². The summed E-state index contributed by atoms with van der Waals surface area (Å²) in [5.41, 5.74) is 2.27. The van der Waals surface area contributed by atoms with Gasteiger partial charge in [-0.15, -0.1) is 0 Å². The van der Waals surface area contributed by atoms with E-state index in [1.807, 2.05) is 13.0 Å². The van der Waals surface area contributed by atoms with Gasteiger partial charge in [0.25, 0.3) is 0 Å². The summed E-state index contributed by atoms with van der Waals surface area (Å²) in [5, 5.41) is 3.42. The fourth-order valence-electron chi connectivity index (χ4n) is 1.57. The van der Waals surface area contributed by atoms with Crippen LogP contribution in [0.3, 0.4) is 0 Å². The van der Waals surface area contributed by atoms with E-state index in [9.17, 15) is 0 Å². The topological polar surface area (TPSA) is 24.9 Å². The molecule has 1 heterocycles. The summed E-state index contributed by atoms with van der Waals surface area (Å²) in [4.78, 5) is 4.54. The zero-order chi connectivity index (χ0) is 10.6. The van der Waals surface area contributed by atoms with E-state index < -0.39 is 0 Å². The monoisotopic (exact) mass is 192 g/mol. The second-order valence-electron chi connectivity index (χ2n) is 3.84. The van der Waals surface area contributed by atoms with Crippen LogP contribution in [-0.4, -0.2) is 17.6 Å². The van der Waals surface area contributed by atoms with Gasteiger partial charge in [-0.25, -0.2) is 0 Å². The molecular formula is C12H20N2. The molecule has 2 atom stereocenters. The Kier molecular flexibility index (Phi) is 4.08. The molecule has 0 fully saturated rings. The van der Waals surface area contributed by atoms with Gasteiger partial charge in [0.2, 0.25) is 0 Å². The molecule has 0 bridgehead atoms. The molecule has 0 aliphatic heterocycles. The molecule has 1 rings (SSSR count). The molecule has 0 amide bonds. The van der Waals surface area contributed by atoms with Crippen molar-refractivity contribution in [3.63, 3.8) is 0 Å². The van der Waals surface area contributed by atoms with Crippen LogP contribution in [0, 0.1) is 6.92 Å². The van der Waals surface area contributed by atoms with Crippen molar-refractivity contribution in [1.82, 2.24) is 10.3 Å². The van der Waals surface area contributed by atoms with Gasteiger partial charge in [0, 0.05) is 23.3 Å². The molecule has 2 heteroatoms. The SMILES string of the molecule is CCNC(C)C(C)c1cccc(C)n1. The standard InChI is InChI=1S/C12H20N2/c1-5-13-11(4)10(3)12-8-6-7-9(2)14-12/h6-8,10-11,13H,5H2,1-4H3. The van der Waals surface area contributed by atoms with Crippen LogP contribution in [0.1, 0.15) is 38.1 Å². The zero-order valence-electron chi connectivity index (χ0n) is 9.54. The molecule has 1 aromatic heterocycles. The second-order valence-corrected chi connectivity index (χ2v) is 3.84. The Balaban J connectivity index is 2.73. The van der Waals surface area contributed by atoms with E-state index in [4.69, 9.17) is 0 Å². The lowest BCUT2D eigenvalue weighted by molar-refractivity contribution is 0.487. The molecule has 0 radical (unpaired) electrons. The average molecular weight is 192 g/mol. The molecule has 0 aliphatic rings. The zero-order valence-corrected chi connectivity index (χ0v) is 9.54. The highest BCUT2D eigenvalue weighted by Gasteiger charge is 2.13. The maximum absolute atomic E-state index is 4.54. The second kappa shape index (κ2) is 5.11. The van der Waals surface area contributed by atoms with Gasteiger partial charge in [-0.3, -0.25) is 4.98 Å². The van der Waals surface area contributed by atoms with Crippen molar-refractivity contribution in [2.24, 2.45) is 0 Å². The van der Waals surface area contributed by atoms with Gasteiger partial charge in [-0.2, -0.15) is 0 Å². The summed E-state index contributed by atoms with van der Waals surface area (Å²) in [6.45, 7) is 9.60. The van der Waals surface area contributed by atoms with Gasteiger partial charge in [0.1, 0.15) is 0 Å². The Bertz CT molecular complexity index is 283. The van der Waals surface area contributed by atoms with E-state index in [-0.39, 0.29) is 0 Å². The third-order valence-corrected chi connectivity index (χ3v) is 2.65. The number of aromatic nitrogens is 1. The molecule has 14 heavy (non-hydrogen) atoms. The summed E-state index contributed by atoms with van der Waals surface area (Å²) < 4.78 is 0. The highest BCUT2D eigenvalue weighted by Crippen LogP contribution is 2.16. The van der Waals surface area contributed by atoms with Gasteiger partial charge < -0.3 is 5.32 Å². The number of rotatable bonds is 4. The van der Waals surface area contributed by atoms with E-state index >= 15 is 0 Å². The Morgan fingerprint density at radius 3 is 2.64 bits per heavy atom. The molecule has 2 nitrogen and oxygen atoms in total. The van der Waals surface area contributed by atoms with Crippen molar-refractivity contribution >= 4 is 0 Å². The fraction of sp³-hybridized carbons (Fsp3) is 0.583. The van der Waals surface area contributed by atoms with Gasteiger partial charge in [0.05, 0.1) is 0 Å². The van der Waals surface area contributed by atoms with Crippen LogP contribution in [0.15, 0.2) is 18.2 Å². The number of aryl methyl sites for hydroxylation is 1. The average Bonchev–Trinajstić information content (AvgIpc) is 2.17. The number of likely N-dealkylation sites (N-methyl/N-ethyl adjacent to an activating group) is 1. The van der Waals surface area contributed by atoms with Crippen molar-refractivity contribution in [3.05, 3.63) is 29.6 Å². The molecule has 0 aliphatic carbocycles. The predicted octanol–water partition coefficient (Wildman–Crippen LogP) is 2.49. The van der Waals surface area contributed by atoms with Crippen LogP contribution >= 0.6 is 0 Å². The van der Waals surface area contributed by atoms with Crippen LogP contribution < -0.4 is 5.32 Å². The number of hydrogen-bond acceptors (Lipinski definition) is 2. The van der Waals surface area contributed by atoms with Crippen LogP contribution in [0.2, 0.25) is 0 Å². The van der Waals surface area contributed by atoms with Gasteiger partial charge >= 0.3 is 0 Å². The maximum Gasteiger partial charge on any atom is 0.0450 e. The Hall–Kier alpha value is -0.890. The minimum Gasteiger partial charge on any atom is -0.314 e. The first-order chi connectivity index (χ1) is 6.65. The normalized spacial score (nSPS) is 15.1. The smallest absolute Gasteiger partial charge is 0.0450 e. The third-order valence-electron chi connectivity index (χ3n) is 2.65. The first-order valence-corrected chi connectivity index (χ1v) is 5.32. The molecule has 0 saturated carbocycles. The minimum atomic E-state index is 0.467. The molecule has 2 unspecified atom stereocenters. The molecule has 0 saturated heterocycles. The number of nitrogens with zero attached hydrogens (tertiary/aromatic N) is 1. The molecule has 1 aromatic rings. The van der Waals surface area contributed by atoms with E-state index in [2.05, 4.69) is 43.2 Å². The van der Waals surface area contributed by atoms with E-state index in [0.717, 1.165) is 12.2 Å². The van der Waals surface area contributed by atoms with Crippen LogP contribution in [0.25, 0.3) is 0 Å². The quantitative estimate of drug-likeness (QED) is 0.792. The number of nitrogens with one attached hydrogen (secondary N) is 1. The first-order valence-electron chi connectivity index (χ1n) is 5.32. The Labute approximate surface area is 86.8 Å². The lowest BCUT2D eigenvalue weighted by Gasteiger charge is -2.20. The first kappa shape index (κ1) is 11.2. The molecule has 78 valence electrons. The van der Waals surface area contributed by atoms with Crippen molar-refractivity contribution in [2.45, 2.75) is 39.7 Å². The largest absolute Gasteiger partial charge is 0.314 e. The summed E-state index contributed by atoms with van der Waals surface area (Å²) >= 11 is 0. The fourth-order valence-corrected chi connectivity index (χ4v) is 1.57. The Morgan fingerprint density at radius 1 is 1.36 bits per heavy atom. The lowest BCUT2D eigenvalue weighted by Crippen LogP contribution is -2.31. The highest BCUT2D eigenvalue weighted by molar-refractivity contribution is 5.14. The van der Waals surface area contributed by atoms with Crippen LogP contribution in [0.4, 0.5) is 0 Å². The summed E-state index contributed by atoms with van der Waals surface area (Å²) in [6.07, 6.45) is 0. The predicted molar refractivity (Wildman–Crippen MR) is 60.5 cm³/mol. The van der Waals surface area contributed by atoms with Crippen LogP contribution in [0.5, 0.6) is 0 Å². The molecular weight excluding hydrogens is 172 g/mol. The van der Waals surface area contributed by atoms with Crippen molar-refractivity contribution in [2.75, 3.05) is 6.54 Å². The van der Waals surface area contributed by atoms with Gasteiger partial charge in [-0.1, -0.05) is 19.9 Å². The van der Waals surface area contributed by atoms with E-state index in [1.165, 1.54) is 5.69 Å². The molecule has 1 N–H and O–H groups in total. The van der Waals surface area contributed by atoms with Crippen molar-refractivity contribution < 1.29 is 0 Å². The van der Waals surface area contributed by atoms with E-state index in [0.29, 0.717) is 12.0 Å². The number of hydrogen-bond donors (Lipinski definition) is 1. The van der Waals surface area contributed by atoms with Gasteiger partial charge in [0.15, 0.2) is 0 Å². The van der Waals surface area contributed by atoms with Crippen molar-refractivity contribution in [3.8, 4) is 0 Å². The number of pyridine rings is 1. The summed E-state index contributed by atoms with van der Waals surface area (Å²) in [5.74, 6) is 0.467. The maximum atomic E-state index is 4.54. The van der Waals surface area contributed by atoms with E-state index in [1.54, 1.807) is 0 Å². The molecule has 0 spiro atoms. The third kappa shape index (κ3) is 2.81. The van der Waals surface area contributed by atoms with Crippen molar-refractivity contribution in [1.29, 1.82) is 0 Å². The Morgan fingerprint density at radius 2 is 2.07 bits per heavy atom. The minimum absolute atomic E-state index is 0.467. The summed E-state index contributed by atoms with van der Waals surface area (Å²) in [7, 11) is 0. The highest BCUT2D eigenvalue weighted by atomic mass is 14.9. The molecule has 0 aromatic carbocycles. The lowest BCUT2D eigenvalue weighted by atomic mass is 9.99.